The molecule has 0 aromatic heterocycles. The summed E-state index contributed by atoms with van der Waals surface area (Å²) in [6, 6.07) is 11.7. The van der Waals surface area contributed by atoms with Gasteiger partial charge in [-0.15, -0.1) is 6.58 Å². The molecule has 2 amide bonds. The third kappa shape index (κ3) is 4.02. The fourth-order valence-electron chi connectivity index (χ4n) is 1.78. The Hall–Kier alpha value is -2.95. The molecule has 0 radical (unpaired) electrons. The first-order chi connectivity index (χ1) is 10.6. The van der Waals surface area contributed by atoms with E-state index in [0.717, 1.165) is 0 Å². The Labute approximate surface area is 127 Å². The second kappa shape index (κ2) is 7.17. The molecule has 0 aliphatic heterocycles. The van der Waals surface area contributed by atoms with Crippen molar-refractivity contribution in [1.29, 1.82) is 0 Å². The molecule has 0 aliphatic carbocycles. The quantitative estimate of drug-likeness (QED) is 0.834. The van der Waals surface area contributed by atoms with Crippen molar-refractivity contribution in [2.45, 2.75) is 0 Å². The Balaban J connectivity index is 2.03. The van der Waals surface area contributed by atoms with Crippen LogP contribution in [-0.4, -0.2) is 18.4 Å². The Bertz CT molecular complexity index is 679. The maximum atomic E-state index is 12.8. The van der Waals surface area contributed by atoms with E-state index in [9.17, 15) is 14.0 Å². The lowest BCUT2D eigenvalue weighted by Gasteiger charge is -2.06. The van der Waals surface area contributed by atoms with Crippen LogP contribution in [0.4, 0.5) is 10.1 Å². The van der Waals surface area contributed by atoms with Crippen molar-refractivity contribution in [2.24, 2.45) is 0 Å². The normalized spacial score (nSPS) is 9.86. The minimum Gasteiger partial charge on any atom is -0.349 e. The highest BCUT2D eigenvalue weighted by Crippen LogP contribution is 2.11. The Morgan fingerprint density at radius 3 is 2.05 bits per heavy atom. The summed E-state index contributed by atoms with van der Waals surface area (Å²) in [6.45, 7) is 3.90. The topological polar surface area (TPSA) is 58.2 Å². The summed E-state index contributed by atoms with van der Waals surface area (Å²) >= 11 is 0. The molecule has 2 N–H and O–H groups in total. The van der Waals surface area contributed by atoms with Gasteiger partial charge in [-0.05, 0) is 48.5 Å². The van der Waals surface area contributed by atoms with E-state index >= 15 is 0 Å². The van der Waals surface area contributed by atoms with Crippen molar-refractivity contribution in [1.82, 2.24) is 5.32 Å². The Kier molecular flexibility index (Phi) is 5.03. The molecular weight excluding hydrogens is 283 g/mol. The van der Waals surface area contributed by atoms with Crippen molar-refractivity contribution in [2.75, 3.05) is 11.9 Å². The number of hydrogen-bond donors (Lipinski definition) is 2. The lowest BCUT2D eigenvalue weighted by molar-refractivity contribution is 0.0956. The molecule has 4 nitrogen and oxygen atoms in total. The molecule has 112 valence electrons. The van der Waals surface area contributed by atoms with Crippen LogP contribution in [0.3, 0.4) is 0 Å². The van der Waals surface area contributed by atoms with Gasteiger partial charge in [0.2, 0.25) is 0 Å². The van der Waals surface area contributed by atoms with Gasteiger partial charge >= 0.3 is 0 Å². The zero-order valence-corrected chi connectivity index (χ0v) is 11.8. The van der Waals surface area contributed by atoms with Crippen molar-refractivity contribution in [3.8, 4) is 0 Å². The summed E-state index contributed by atoms with van der Waals surface area (Å²) in [6.07, 6.45) is 1.59. The van der Waals surface area contributed by atoms with E-state index in [1.807, 2.05) is 0 Å². The molecule has 0 heterocycles. The highest BCUT2D eigenvalue weighted by atomic mass is 19.1. The van der Waals surface area contributed by atoms with Crippen molar-refractivity contribution in [3.63, 3.8) is 0 Å². The summed E-state index contributed by atoms with van der Waals surface area (Å²) in [4.78, 5) is 23.7. The zero-order valence-electron chi connectivity index (χ0n) is 11.8. The number of anilines is 1. The first kappa shape index (κ1) is 15.4. The maximum Gasteiger partial charge on any atom is 0.255 e. The molecule has 0 unspecified atom stereocenters. The predicted octanol–water partition coefficient (Wildman–Crippen LogP) is 2.99. The van der Waals surface area contributed by atoms with Gasteiger partial charge < -0.3 is 10.6 Å². The monoisotopic (exact) mass is 298 g/mol. The molecule has 0 atom stereocenters. The maximum absolute atomic E-state index is 12.8. The molecular formula is C17H15FN2O2. The number of carbonyl (C=O) groups is 2. The fourth-order valence-corrected chi connectivity index (χ4v) is 1.78. The summed E-state index contributed by atoms with van der Waals surface area (Å²) in [5.74, 6) is -0.928. The molecule has 5 heteroatoms. The predicted molar refractivity (Wildman–Crippen MR) is 83.3 cm³/mol. The highest BCUT2D eigenvalue weighted by molar-refractivity contribution is 6.05. The standard InChI is InChI=1S/C17H15FN2O2/c1-2-11-19-16(21)12-3-5-13(6-4-12)17(22)20-15-9-7-14(18)8-10-15/h2-10H,1,11H2,(H,19,21)(H,20,22). The van der Waals surface area contributed by atoms with Crippen LogP contribution < -0.4 is 10.6 Å². The van der Waals surface area contributed by atoms with Gasteiger partial charge in [-0.3, -0.25) is 9.59 Å². The van der Waals surface area contributed by atoms with E-state index in [1.165, 1.54) is 24.3 Å². The van der Waals surface area contributed by atoms with Crippen LogP contribution in [0.2, 0.25) is 0 Å². The minimum absolute atomic E-state index is 0.231. The lowest BCUT2D eigenvalue weighted by Crippen LogP contribution is -2.23. The number of nitrogens with one attached hydrogen (secondary N) is 2. The van der Waals surface area contributed by atoms with Crippen molar-refractivity contribution >= 4 is 17.5 Å². The van der Waals surface area contributed by atoms with Crippen LogP contribution in [0, 0.1) is 5.82 Å². The largest absolute Gasteiger partial charge is 0.349 e. The van der Waals surface area contributed by atoms with Crippen LogP contribution in [0.15, 0.2) is 61.2 Å². The fraction of sp³-hybridized carbons (Fsp3) is 0.0588. The molecule has 2 aromatic rings. The molecule has 0 fully saturated rings. The average molecular weight is 298 g/mol. The van der Waals surface area contributed by atoms with Gasteiger partial charge in [0.25, 0.3) is 11.8 Å². The second-order valence-electron chi connectivity index (χ2n) is 4.54. The van der Waals surface area contributed by atoms with Crippen LogP contribution >= 0.6 is 0 Å². The highest BCUT2D eigenvalue weighted by Gasteiger charge is 2.08. The molecule has 0 saturated carbocycles. The first-order valence-electron chi connectivity index (χ1n) is 6.66. The third-order valence-corrected chi connectivity index (χ3v) is 2.92. The van der Waals surface area contributed by atoms with Crippen LogP contribution in [0.25, 0.3) is 0 Å². The number of benzene rings is 2. The van der Waals surface area contributed by atoms with Crippen LogP contribution in [-0.2, 0) is 0 Å². The summed E-state index contributed by atoms with van der Waals surface area (Å²) < 4.78 is 12.8. The number of hydrogen-bond acceptors (Lipinski definition) is 2. The number of halogens is 1. The molecule has 22 heavy (non-hydrogen) atoms. The SMILES string of the molecule is C=CCNC(=O)c1ccc(C(=O)Nc2ccc(F)cc2)cc1. The molecule has 0 aliphatic rings. The van der Waals surface area contributed by atoms with E-state index < -0.39 is 0 Å². The molecule has 0 spiro atoms. The van der Waals surface area contributed by atoms with E-state index in [-0.39, 0.29) is 17.6 Å². The first-order valence-corrected chi connectivity index (χ1v) is 6.66. The molecule has 2 rings (SSSR count). The number of carbonyl (C=O) groups excluding carboxylic acids is 2. The Morgan fingerprint density at radius 1 is 0.955 bits per heavy atom. The van der Waals surface area contributed by atoms with Gasteiger partial charge in [0, 0.05) is 23.4 Å². The van der Waals surface area contributed by atoms with E-state index in [2.05, 4.69) is 17.2 Å². The van der Waals surface area contributed by atoms with E-state index in [4.69, 9.17) is 0 Å². The number of amides is 2. The van der Waals surface area contributed by atoms with E-state index in [0.29, 0.717) is 23.4 Å². The van der Waals surface area contributed by atoms with Crippen molar-refractivity contribution in [3.05, 3.63) is 78.1 Å². The van der Waals surface area contributed by atoms with Gasteiger partial charge in [-0.2, -0.15) is 0 Å². The van der Waals surface area contributed by atoms with Gasteiger partial charge in [0.15, 0.2) is 0 Å². The van der Waals surface area contributed by atoms with Gasteiger partial charge in [-0.25, -0.2) is 4.39 Å². The van der Waals surface area contributed by atoms with Crippen molar-refractivity contribution < 1.29 is 14.0 Å². The summed E-state index contributed by atoms with van der Waals surface area (Å²) in [5, 5.41) is 5.30. The minimum atomic E-state index is -0.368. The lowest BCUT2D eigenvalue weighted by atomic mass is 10.1. The average Bonchev–Trinajstić information content (AvgIpc) is 2.55. The third-order valence-electron chi connectivity index (χ3n) is 2.92. The Morgan fingerprint density at radius 2 is 1.50 bits per heavy atom. The second-order valence-corrected chi connectivity index (χ2v) is 4.54. The molecule has 2 aromatic carbocycles. The van der Waals surface area contributed by atoms with Gasteiger partial charge in [-0.1, -0.05) is 6.08 Å². The van der Waals surface area contributed by atoms with Gasteiger partial charge in [0.05, 0.1) is 0 Å². The van der Waals surface area contributed by atoms with Crippen LogP contribution in [0.1, 0.15) is 20.7 Å². The number of rotatable bonds is 5. The van der Waals surface area contributed by atoms with Crippen LogP contribution in [0.5, 0.6) is 0 Å². The van der Waals surface area contributed by atoms with Gasteiger partial charge in [0.1, 0.15) is 5.82 Å². The smallest absolute Gasteiger partial charge is 0.255 e. The summed E-state index contributed by atoms with van der Waals surface area (Å²) in [5.41, 5.74) is 1.36. The molecule has 0 saturated heterocycles. The zero-order chi connectivity index (χ0) is 15.9. The molecule has 0 bridgehead atoms. The summed E-state index contributed by atoms with van der Waals surface area (Å²) in [7, 11) is 0. The van der Waals surface area contributed by atoms with E-state index in [1.54, 1.807) is 30.3 Å².